The van der Waals surface area contributed by atoms with Crippen LogP contribution < -0.4 is 10.3 Å². The lowest BCUT2D eigenvalue weighted by Gasteiger charge is -2.05. The van der Waals surface area contributed by atoms with Crippen LogP contribution in [-0.2, 0) is 14.1 Å². The number of imidazole rings is 1. The molecule has 3 rings (SSSR count). The van der Waals surface area contributed by atoms with Gasteiger partial charge in [-0.1, -0.05) is 29.4 Å². The van der Waals surface area contributed by atoms with Crippen LogP contribution in [0.3, 0.4) is 0 Å². The third-order valence-electron chi connectivity index (χ3n) is 3.43. The van der Waals surface area contributed by atoms with Gasteiger partial charge in [0.2, 0.25) is 0 Å². The van der Waals surface area contributed by atoms with E-state index in [0.29, 0.717) is 17.3 Å². The number of azo groups is 1. The van der Waals surface area contributed by atoms with Crippen LogP contribution in [-0.4, -0.2) is 9.67 Å². The third-order valence-corrected chi connectivity index (χ3v) is 3.43. The largest absolute Gasteiger partial charge is 0.506 e. The van der Waals surface area contributed by atoms with Crippen molar-refractivity contribution in [2.45, 2.75) is 0 Å². The Balaban J connectivity index is 2.15. The number of phenols is 1. The van der Waals surface area contributed by atoms with E-state index in [-0.39, 0.29) is 5.75 Å². The zero-order valence-corrected chi connectivity index (χ0v) is 11.9. The van der Waals surface area contributed by atoms with Crippen molar-refractivity contribution in [2.75, 3.05) is 5.73 Å². The third kappa shape index (κ3) is 2.20. The molecule has 0 aliphatic carbocycles. The van der Waals surface area contributed by atoms with E-state index in [4.69, 9.17) is 5.73 Å². The van der Waals surface area contributed by atoms with Crippen molar-refractivity contribution in [2.24, 2.45) is 24.3 Å². The number of aryl methyl sites for hydroxylation is 2. The molecule has 1 aromatic heterocycles. The van der Waals surface area contributed by atoms with Crippen LogP contribution in [0.25, 0.3) is 10.8 Å². The van der Waals surface area contributed by atoms with E-state index in [2.05, 4.69) is 10.2 Å². The molecule has 3 N–H and O–H groups in total. The van der Waals surface area contributed by atoms with Gasteiger partial charge in [-0.3, -0.25) is 0 Å². The van der Waals surface area contributed by atoms with Gasteiger partial charge >= 0.3 is 5.95 Å². The molecule has 106 valence electrons. The number of anilines is 1. The first-order valence-electron chi connectivity index (χ1n) is 6.51. The summed E-state index contributed by atoms with van der Waals surface area (Å²) in [6.07, 6.45) is 3.79. The lowest BCUT2D eigenvalue weighted by Crippen LogP contribution is -2.25. The minimum Gasteiger partial charge on any atom is -0.506 e. The highest BCUT2D eigenvalue weighted by atomic mass is 16.3. The Morgan fingerprint density at radius 2 is 1.90 bits per heavy atom. The summed E-state index contributed by atoms with van der Waals surface area (Å²) in [5.41, 5.74) is 6.83. The second-order valence-corrected chi connectivity index (χ2v) is 4.89. The minimum absolute atomic E-state index is 0.0129. The number of rotatable bonds is 2. The van der Waals surface area contributed by atoms with E-state index in [9.17, 15) is 5.11 Å². The summed E-state index contributed by atoms with van der Waals surface area (Å²) in [7, 11) is 3.79. The Bertz CT molecular complexity index is 831. The molecule has 0 saturated carbocycles. The molecule has 0 spiro atoms. The lowest BCUT2D eigenvalue weighted by atomic mass is 10.1. The Morgan fingerprint density at radius 3 is 2.57 bits per heavy atom. The second kappa shape index (κ2) is 4.90. The van der Waals surface area contributed by atoms with E-state index >= 15 is 0 Å². The molecule has 3 aromatic rings. The van der Waals surface area contributed by atoms with Gasteiger partial charge in [0.25, 0.3) is 0 Å². The highest BCUT2D eigenvalue weighted by molar-refractivity contribution is 6.02. The standard InChI is InChI=1S/C15H15N5O/c1-19-7-8-20(2)15(19)18-17-12-9-13(21)14(16)11-6-4-3-5-10(11)12/h3-9,16H,1-2H3,(H,17,21)/p+1. The molecule has 0 amide bonds. The maximum atomic E-state index is 9.93. The first-order valence-corrected chi connectivity index (χ1v) is 6.51. The zero-order chi connectivity index (χ0) is 15.0. The molecular formula is C15H16N5O+. The van der Waals surface area contributed by atoms with Crippen molar-refractivity contribution in [3.8, 4) is 5.75 Å². The molecule has 0 aliphatic rings. The van der Waals surface area contributed by atoms with E-state index < -0.39 is 0 Å². The summed E-state index contributed by atoms with van der Waals surface area (Å²) in [5.74, 6) is 0.717. The second-order valence-electron chi connectivity index (χ2n) is 4.89. The monoisotopic (exact) mass is 282 g/mol. The van der Waals surface area contributed by atoms with Crippen molar-refractivity contribution in [3.63, 3.8) is 0 Å². The number of phenolic OH excluding ortho intramolecular Hbond substituents is 1. The number of benzene rings is 2. The van der Waals surface area contributed by atoms with Gasteiger partial charge < -0.3 is 10.8 Å². The van der Waals surface area contributed by atoms with Gasteiger partial charge in [-0.25, -0.2) is 9.13 Å². The molecule has 2 aromatic carbocycles. The molecule has 0 bridgehead atoms. The summed E-state index contributed by atoms with van der Waals surface area (Å²) in [6.45, 7) is 0. The van der Waals surface area contributed by atoms with E-state index in [1.165, 1.54) is 6.07 Å². The van der Waals surface area contributed by atoms with Crippen molar-refractivity contribution in [3.05, 3.63) is 42.7 Å². The Morgan fingerprint density at radius 1 is 1.19 bits per heavy atom. The minimum atomic E-state index is 0.0129. The molecule has 0 atom stereocenters. The van der Waals surface area contributed by atoms with E-state index in [1.54, 1.807) is 0 Å². The first kappa shape index (κ1) is 13.1. The average Bonchev–Trinajstić information content (AvgIpc) is 2.81. The summed E-state index contributed by atoms with van der Waals surface area (Å²) < 4.78 is 3.73. The number of aromatic nitrogens is 2. The molecule has 0 radical (unpaired) electrons. The molecular weight excluding hydrogens is 266 g/mol. The van der Waals surface area contributed by atoms with Crippen LogP contribution in [0.4, 0.5) is 17.3 Å². The van der Waals surface area contributed by atoms with Crippen molar-refractivity contribution in [1.82, 2.24) is 4.57 Å². The predicted molar refractivity (Wildman–Crippen MR) is 80.8 cm³/mol. The number of fused-ring (bicyclic) bond motifs is 1. The molecule has 21 heavy (non-hydrogen) atoms. The van der Waals surface area contributed by atoms with Gasteiger partial charge in [0, 0.05) is 22.0 Å². The number of nitrogens with zero attached hydrogens (tertiary/aromatic N) is 4. The Hall–Kier alpha value is -2.89. The number of nitrogens with two attached hydrogens (primary N) is 1. The van der Waals surface area contributed by atoms with Crippen LogP contribution >= 0.6 is 0 Å². The highest BCUT2D eigenvalue weighted by Gasteiger charge is 2.13. The topological polar surface area (TPSA) is 79.8 Å². The normalized spacial score (nSPS) is 11.5. The quantitative estimate of drug-likeness (QED) is 0.328. The van der Waals surface area contributed by atoms with Gasteiger partial charge in [0.1, 0.15) is 11.4 Å². The number of hydrogen-bond donors (Lipinski definition) is 2. The predicted octanol–water partition coefficient (Wildman–Crippen LogP) is 2.71. The first-order chi connectivity index (χ1) is 10.1. The maximum Gasteiger partial charge on any atom is 0.421 e. The fourth-order valence-corrected chi connectivity index (χ4v) is 2.27. The summed E-state index contributed by atoms with van der Waals surface area (Å²) >= 11 is 0. The van der Waals surface area contributed by atoms with Gasteiger partial charge in [0.15, 0.2) is 0 Å². The SMILES string of the molecule is Cn1cc[n+](C)c1/N=N/c1cc(O)c(N)c2ccccc12. The van der Waals surface area contributed by atoms with Crippen molar-refractivity contribution >= 4 is 28.1 Å². The Kier molecular flexibility index (Phi) is 3.06. The summed E-state index contributed by atoms with van der Waals surface area (Å²) in [5, 5.41) is 20.1. The molecule has 0 aliphatic heterocycles. The van der Waals surface area contributed by atoms with Gasteiger partial charge in [-0.15, -0.1) is 0 Å². The Labute approximate surface area is 121 Å². The molecule has 0 unspecified atom stereocenters. The van der Waals surface area contributed by atoms with Crippen LogP contribution in [0.5, 0.6) is 5.75 Å². The van der Waals surface area contributed by atoms with Gasteiger partial charge in [-0.2, -0.15) is 0 Å². The summed E-state index contributed by atoms with van der Waals surface area (Å²) in [4.78, 5) is 0. The fourth-order valence-electron chi connectivity index (χ4n) is 2.27. The van der Waals surface area contributed by atoms with Crippen LogP contribution in [0.1, 0.15) is 0 Å². The molecule has 6 heteroatoms. The van der Waals surface area contributed by atoms with Crippen LogP contribution in [0.2, 0.25) is 0 Å². The van der Waals surface area contributed by atoms with Crippen molar-refractivity contribution < 1.29 is 9.67 Å². The number of aromatic hydroxyl groups is 1. The van der Waals surface area contributed by atoms with Crippen molar-refractivity contribution in [1.29, 1.82) is 0 Å². The highest BCUT2D eigenvalue weighted by Crippen LogP contribution is 2.37. The average molecular weight is 282 g/mol. The fraction of sp³-hybridized carbons (Fsp3) is 0.133. The molecule has 0 saturated heterocycles. The van der Waals surface area contributed by atoms with Gasteiger partial charge in [-0.05, 0) is 0 Å². The number of nitrogen functional groups attached to an aromatic ring is 1. The van der Waals surface area contributed by atoms with E-state index in [1.807, 2.05) is 59.9 Å². The smallest absolute Gasteiger partial charge is 0.421 e. The molecule has 1 heterocycles. The molecule has 6 nitrogen and oxygen atoms in total. The molecule has 0 fully saturated rings. The van der Waals surface area contributed by atoms with Gasteiger partial charge in [0.05, 0.1) is 32.2 Å². The van der Waals surface area contributed by atoms with E-state index in [0.717, 1.165) is 10.8 Å². The van der Waals surface area contributed by atoms with Crippen LogP contribution in [0, 0.1) is 0 Å². The maximum absolute atomic E-state index is 9.93. The zero-order valence-electron chi connectivity index (χ0n) is 11.9. The summed E-state index contributed by atoms with van der Waals surface area (Å²) in [6, 6.07) is 9.07. The lowest BCUT2D eigenvalue weighted by molar-refractivity contribution is -0.657. The number of hydrogen-bond acceptors (Lipinski definition) is 4. The van der Waals surface area contributed by atoms with Crippen LogP contribution in [0.15, 0.2) is 53.0 Å².